The lowest BCUT2D eigenvalue weighted by Gasteiger charge is -2.29. The Morgan fingerprint density at radius 2 is 1.66 bits per heavy atom. The van der Waals surface area contributed by atoms with Gasteiger partial charge in [-0.25, -0.2) is 4.68 Å². The van der Waals surface area contributed by atoms with Gasteiger partial charge in [-0.15, -0.1) is 5.10 Å². The number of hydrogen-bond donors (Lipinski definition) is 0. The summed E-state index contributed by atoms with van der Waals surface area (Å²) in [5, 5.41) is 9.08. The molecule has 0 N–H and O–H groups in total. The second kappa shape index (κ2) is 7.82. The van der Waals surface area contributed by atoms with Crippen molar-refractivity contribution in [3.8, 4) is 22.5 Å². The topological polar surface area (TPSA) is 51.0 Å². The first-order chi connectivity index (χ1) is 14.0. The van der Waals surface area contributed by atoms with Crippen LogP contribution in [-0.2, 0) is 17.9 Å². The highest BCUT2D eigenvalue weighted by atomic mass is 16.2. The molecule has 5 nitrogen and oxygen atoms in total. The van der Waals surface area contributed by atoms with E-state index in [0.717, 1.165) is 40.3 Å². The van der Waals surface area contributed by atoms with Gasteiger partial charge < -0.3 is 4.90 Å². The van der Waals surface area contributed by atoms with Crippen LogP contribution >= 0.6 is 0 Å². The molecule has 29 heavy (non-hydrogen) atoms. The van der Waals surface area contributed by atoms with E-state index < -0.39 is 0 Å². The number of benzene rings is 2. The minimum Gasteiger partial charge on any atom is -0.307 e. The minimum absolute atomic E-state index is 0.147. The van der Waals surface area contributed by atoms with E-state index in [2.05, 4.69) is 56.2 Å². The van der Waals surface area contributed by atoms with Gasteiger partial charge in [0, 0.05) is 24.1 Å². The molecular formula is C24H28N4O. The Morgan fingerprint density at radius 1 is 0.966 bits per heavy atom. The van der Waals surface area contributed by atoms with Crippen molar-refractivity contribution in [2.75, 3.05) is 4.90 Å². The van der Waals surface area contributed by atoms with Crippen molar-refractivity contribution in [2.45, 2.75) is 47.2 Å². The number of amides is 1. The van der Waals surface area contributed by atoms with E-state index in [0.29, 0.717) is 24.8 Å². The number of hydrogen-bond acceptors (Lipinski definition) is 3. The molecule has 0 radical (unpaired) electrons. The van der Waals surface area contributed by atoms with Crippen molar-refractivity contribution < 1.29 is 4.79 Å². The molecule has 0 fully saturated rings. The number of nitrogens with zero attached hydrogens (tertiary/aromatic N) is 4. The number of carbonyl (C=O) groups is 1. The Balaban J connectivity index is 1.98. The number of rotatable bonds is 4. The van der Waals surface area contributed by atoms with Crippen LogP contribution in [0.1, 0.15) is 39.7 Å². The third-order valence-corrected chi connectivity index (χ3v) is 5.21. The molecule has 1 amide bonds. The zero-order valence-electron chi connectivity index (χ0n) is 17.6. The molecule has 1 aromatic heterocycles. The van der Waals surface area contributed by atoms with Gasteiger partial charge in [-0.3, -0.25) is 4.79 Å². The van der Waals surface area contributed by atoms with Gasteiger partial charge in [-0.05, 0) is 23.5 Å². The predicted octanol–water partition coefficient (Wildman–Crippen LogP) is 5.16. The summed E-state index contributed by atoms with van der Waals surface area (Å²) < 4.78 is 1.99. The SMILES string of the molecule is CC(C)CC(=O)N1Cc2ccccc2-c2nnn(CC(C)C)c2-c2ccccc21. The van der Waals surface area contributed by atoms with Gasteiger partial charge >= 0.3 is 0 Å². The van der Waals surface area contributed by atoms with Gasteiger partial charge in [-0.2, -0.15) is 0 Å². The second-order valence-corrected chi connectivity index (χ2v) is 8.61. The first kappa shape index (κ1) is 19.4. The van der Waals surface area contributed by atoms with Gasteiger partial charge in [0.25, 0.3) is 0 Å². The molecule has 1 aliphatic rings. The number of fused-ring (bicyclic) bond motifs is 5. The third-order valence-electron chi connectivity index (χ3n) is 5.21. The van der Waals surface area contributed by atoms with E-state index in [1.807, 2.05) is 39.9 Å². The average Bonchev–Trinajstić information content (AvgIpc) is 3.06. The lowest BCUT2D eigenvalue weighted by Crippen LogP contribution is -2.32. The van der Waals surface area contributed by atoms with Crippen LogP contribution < -0.4 is 4.90 Å². The maximum Gasteiger partial charge on any atom is 0.227 e. The first-order valence-corrected chi connectivity index (χ1v) is 10.4. The largest absolute Gasteiger partial charge is 0.307 e. The molecule has 4 rings (SSSR count). The van der Waals surface area contributed by atoms with Crippen LogP contribution in [0.4, 0.5) is 5.69 Å². The Bertz CT molecular complexity index is 1030. The highest BCUT2D eigenvalue weighted by Crippen LogP contribution is 2.41. The van der Waals surface area contributed by atoms with Gasteiger partial charge in [0.1, 0.15) is 5.69 Å². The zero-order valence-corrected chi connectivity index (χ0v) is 17.6. The standard InChI is InChI=1S/C24H28N4O/c1-16(2)13-22(29)27-15-18-9-5-6-10-19(18)23-24(20-11-7-8-12-21(20)27)28(26-25-23)14-17(3)4/h5-12,16-17H,13-15H2,1-4H3. The van der Waals surface area contributed by atoms with E-state index in [4.69, 9.17) is 0 Å². The molecule has 0 spiro atoms. The van der Waals surface area contributed by atoms with Crippen LogP contribution in [0.2, 0.25) is 0 Å². The number of anilines is 1. The molecule has 5 heteroatoms. The van der Waals surface area contributed by atoms with Crippen molar-refractivity contribution >= 4 is 11.6 Å². The highest BCUT2D eigenvalue weighted by Gasteiger charge is 2.29. The molecule has 0 unspecified atom stereocenters. The summed E-state index contributed by atoms with van der Waals surface area (Å²) in [6, 6.07) is 16.4. The molecule has 1 aliphatic heterocycles. The Morgan fingerprint density at radius 3 is 2.38 bits per heavy atom. The molecular weight excluding hydrogens is 360 g/mol. The van der Waals surface area contributed by atoms with E-state index >= 15 is 0 Å². The van der Waals surface area contributed by atoms with Crippen molar-refractivity contribution in [2.24, 2.45) is 11.8 Å². The Hall–Kier alpha value is -2.95. The van der Waals surface area contributed by atoms with Crippen molar-refractivity contribution in [1.29, 1.82) is 0 Å². The summed E-state index contributed by atoms with van der Waals surface area (Å²) in [6.45, 7) is 9.84. The van der Waals surface area contributed by atoms with Crippen LogP contribution in [0.3, 0.4) is 0 Å². The molecule has 2 heterocycles. The van der Waals surface area contributed by atoms with Crippen LogP contribution in [-0.4, -0.2) is 20.9 Å². The van der Waals surface area contributed by atoms with Crippen molar-refractivity contribution in [3.05, 3.63) is 54.1 Å². The average molecular weight is 389 g/mol. The van der Waals surface area contributed by atoms with E-state index in [-0.39, 0.29) is 5.91 Å². The predicted molar refractivity (Wildman–Crippen MR) is 116 cm³/mol. The molecule has 2 aromatic carbocycles. The fourth-order valence-corrected chi connectivity index (χ4v) is 3.97. The second-order valence-electron chi connectivity index (χ2n) is 8.61. The van der Waals surface area contributed by atoms with E-state index in [1.54, 1.807) is 0 Å². The Kier molecular flexibility index (Phi) is 5.22. The smallest absolute Gasteiger partial charge is 0.227 e. The summed E-state index contributed by atoms with van der Waals surface area (Å²) >= 11 is 0. The summed E-state index contributed by atoms with van der Waals surface area (Å²) in [5.41, 5.74) is 5.97. The summed E-state index contributed by atoms with van der Waals surface area (Å²) in [5.74, 6) is 0.889. The normalized spacial score (nSPS) is 13.0. The summed E-state index contributed by atoms with van der Waals surface area (Å²) in [7, 11) is 0. The van der Waals surface area contributed by atoms with Gasteiger partial charge in [0.05, 0.1) is 17.9 Å². The summed E-state index contributed by atoms with van der Waals surface area (Å²) in [6.07, 6.45) is 0.521. The van der Waals surface area contributed by atoms with Gasteiger partial charge in [-0.1, -0.05) is 75.4 Å². The number of para-hydroxylation sites is 1. The van der Waals surface area contributed by atoms with Crippen LogP contribution in [0.25, 0.3) is 22.5 Å². The Labute approximate surface area is 172 Å². The van der Waals surface area contributed by atoms with E-state index in [9.17, 15) is 4.79 Å². The fourth-order valence-electron chi connectivity index (χ4n) is 3.97. The molecule has 150 valence electrons. The maximum atomic E-state index is 13.2. The highest BCUT2D eigenvalue weighted by molar-refractivity contribution is 6.00. The zero-order chi connectivity index (χ0) is 20.5. The number of carbonyl (C=O) groups excluding carboxylic acids is 1. The van der Waals surface area contributed by atoms with Gasteiger partial charge in [0.2, 0.25) is 5.91 Å². The third kappa shape index (κ3) is 3.69. The quantitative estimate of drug-likeness (QED) is 0.620. The number of aromatic nitrogens is 3. The minimum atomic E-state index is 0.147. The van der Waals surface area contributed by atoms with Crippen LogP contribution in [0, 0.1) is 11.8 Å². The lowest BCUT2D eigenvalue weighted by atomic mass is 9.95. The lowest BCUT2D eigenvalue weighted by molar-refractivity contribution is -0.119. The molecule has 0 bridgehead atoms. The van der Waals surface area contributed by atoms with Crippen molar-refractivity contribution in [1.82, 2.24) is 15.0 Å². The van der Waals surface area contributed by atoms with Crippen molar-refractivity contribution in [3.63, 3.8) is 0 Å². The molecule has 0 atom stereocenters. The van der Waals surface area contributed by atoms with Crippen LogP contribution in [0.5, 0.6) is 0 Å². The fraction of sp³-hybridized carbons (Fsp3) is 0.375. The molecule has 0 saturated heterocycles. The molecule has 3 aromatic rings. The van der Waals surface area contributed by atoms with E-state index in [1.165, 1.54) is 0 Å². The monoisotopic (exact) mass is 388 g/mol. The summed E-state index contributed by atoms with van der Waals surface area (Å²) in [4.78, 5) is 15.2. The first-order valence-electron chi connectivity index (χ1n) is 10.4. The van der Waals surface area contributed by atoms with Gasteiger partial charge in [0.15, 0.2) is 0 Å². The van der Waals surface area contributed by atoms with Crippen LogP contribution in [0.15, 0.2) is 48.5 Å². The molecule has 0 saturated carbocycles. The maximum absolute atomic E-state index is 13.2. The molecule has 0 aliphatic carbocycles.